The van der Waals surface area contributed by atoms with Crippen molar-refractivity contribution in [3.63, 3.8) is 0 Å². The van der Waals surface area contributed by atoms with Crippen LogP contribution in [0.3, 0.4) is 0 Å². The zero-order valence-electron chi connectivity index (χ0n) is 9.46. The van der Waals surface area contributed by atoms with Crippen molar-refractivity contribution < 1.29 is 14.3 Å². The molecule has 0 unspecified atom stereocenters. The Balaban J connectivity index is 2.00. The number of ether oxygens (including phenoxy) is 2. The lowest BCUT2D eigenvalue weighted by atomic mass is 9.91. The monoisotopic (exact) mass is 212 g/mol. The maximum Gasteiger partial charge on any atom is 0.180 e. The van der Waals surface area contributed by atoms with Crippen LogP contribution in [0.5, 0.6) is 0 Å². The summed E-state index contributed by atoms with van der Waals surface area (Å²) in [7, 11) is 0. The van der Waals surface area contributed by atoms with Crippen molar-refractivity contribution in [1.29, 1.82) is 0 Å². The summed E-state index contributed by atoms with van der Waals surface area (Å²) < 4.78 is 11.5. The Bertz CT molecular complexity index is 227. The SMILES string of the molecule is CCCCCC1(C2(C=O)CC2)OCCO1. The smallest absolute Gasteiger partial charge is 0.180 e. The van der Waals surface area contributed by atoms with Gasteiger partial charge in [-0.3, -0.25) is 0 Å². The lowest BCUT2D eigenvalue weighted by Gasteiger charge is -2.32. The number of carbonyl (C=O) groups excluding carboxylic acids is 1. The molecule has 15 heavy (non-hydrogen) atoms. The molecule has 0 aromatic carbocycles. The third-order valence-corrected chi connectivity index (χ3v) is 3.64. The molecule has 1 saturated carbocycles. The summed E-state index contributed by atoms with van der Waals surface area (Å²) in [6.45, 7) is 3.46. The van der Waals surface area contributed by atoms with Gasteiger partial charge in [-0.25, -0.2) is 0 Å². The van der Waals surface area contributed by atoms with E-state index in [1.165, 1.54) is 12.8 Å². The second-order valence-electron chi connectivity index (χ2n) is 4.68. The van der Waals surface area contributed by atoms with E-state index in [2.05, 4.69) is 6.92 Å². The van der Waals surface area contributed by atoms with E-state index in [-0.39, 0.29) is 5.41 Å². The van der Waals surface area contributed by atoms with Gasteiger partial charge < -0.3 is 14.3 Å². The van der Waals surface area contributed by atoms with E-state index in [0.29, 0.717) is 13.2 Å². The molecular formula is C12H20O3. The molecule has 1 heterocycles. The van der Waals surface area contributed by atoms with Crippen molar-refractivity contribution >= 4 is 6.29 Å². The molecule has 1 aliphatic carbocycles. The van der Waals surface area contributed by atoms with Gasteiger partial charge in [-0.2, -0.15) is 0 Å². The zero-order chi connectivity index (χ0) is 10.8. The van der Waals surface area contributed by atoms with Crippen LogP contribution in [0.4, 0.5) is 0 Å². The highest BCUT2D eigenvalue weighted by atomic mass is 16.7. The number of aldehydes is 1. The van der Waals surface area contributed by atoms with Crippen LogP contribution in [0.2, 0.25) is 0 Å². The number of hydrogen-bond acceptors (Lipinski definition) is 3. The van der Waals surface area contributed by atoms with Crippen LogP contribution in [0.1, 0.15) is 45.4 Å². The quantitative estimate of drug-likeness (QED) is 0.500. The molecule has 2 aliphatic rings. The summed E-state index contributed by atoms with van der Waals surface area (Å²) in [5.74, 6) is -0.566. The Morgan fingerprint density at radius 2 is 1.87 bits per heavy atom. The molecule has 0 amide bonds. The Morgan fingerprint density at radius 3 is 2.33 bits per heavy atom. The van der Waals surface area contributed by atoms with Crippen molar-refractivity contribution in [3.8, 4) is 0 Å². The number of carbonyl (C=O) groups is 1. The Morgan fingerprint density at radius 1 is 1.20 bits per heavy atom. The van der Waals surface area contributed by atoms with E-state index in [0.717, 1.165) is 32.0 Å². The number of unbranched alkanes of at least 4 members (excludes halogenated alkanes) is 2. The van der Waals surface area contributed by atoms with Gasteiger partial charge in [-0.15, -0.1) is 0 Å². The Labute approximate surface area is 91.1 Å². The van der Waals surface area contributed by atoms with Crippen LogP contribution in [-0.4, -0.2) is 25.3 Å². The zero-order valence-corrected chi connectivity index (χ0v) is 9.46. The van der Waals surface area contributed by atoms with E-state index >= 15 is 0 Å². The molecule has 1 saturated heterocycles. The molecule has 0 aromatic rings. The predicted octanol–water partition coefficient (Wildman–Crippen LogP) is 2.29. The topological polar surface area (TPSA) is 35.5 Å². The third-order valence-electron chi connectivity index (χ3n) is 3.64. The molecule has 2 rings (SSSR count). The van der Waals surface area contributed by atoms with E-state index in [4.69, 9.17) is 9.47 Å². The minimum Gasteiger partial charge on any atom is -0.347 e. The fraction of sp³-hybridized carbons (Fsp3) is 0.917. The standard InChI is InChI=1S/C12H20O3/c1-2-3-4-5-12(14-8-9-15-12)11(10-13)6-7-11/h10H,2-9H2,1H3. The average molecular weight is 212 g/mol. The second-order valence-corrected chi connectivity index (χ2v) is 4.68. The highest BCUT2D eigenvalue weighted by Crippen LogP contribution is 2.57. The van der Waals surface area contributed by atoms with Gasteiger partial charge in [-0.05, 0) is 19.3 Å². The van der Waals surface area contributed by atoms with Crippen molar-refractivity contribution in [2.75, 3.05) is 13.2 Å². The van der Waals surface area contributed by atoms with E-state index in [9.17, 15) is 4.79 Å². The van der Waals surface area contributed by atoms with E-state index in [1.807, 2.05) is 0 Å². The summed E-state index contributed by atoms with van der Waals surface area (Å²) in [4.78, 5) is 11.2. The van der Waals surface area contributed by atoms with Crippen LogP contribution in [-0.2, 0) is 14.3 Å². The summed E-state index contributed by atoms with van der Waals surface area (Å²) >= 11 is 0. The highest BCUT2D eigenvalue weighted by Gasteiger charge is 2.62. The van der Waals surface area contributed by atoms with Crippen molar-refractivity contribution in [2.24, 2.45) is 5.41 Å². The minimum atomic E-state index is -0.566. The summed E-state index contributed by atoms with van der Waals surface area (Å²) in [5.41, 5.74) is -0.308. The molecule has 0 bridgehead atoms. The summed E-state index contributed by atoms with van der Waals surface area (Å²) in [5, 5.41) is 0. The molecular weight excluding hydrogens is 192 g/mol. The number of hydrogen-bond donors (Lipinski definition) is 0. The van der Waals surface area contributed by atoms with Crippen LogP contribution in [0, 0.1) is 5.41 Å². The first kappa shape index (κ1) is 11.1. The molecule has 86 valence electrons. The van der Waals surface area contributed by atoms with E-state index in [1.54, 1.807) is 0 Å². The maximum absolute atomic E-state index is 11.2. The van der Waals surface area contributed by atoms with Crippen molar-refractivity contribution in [3.05, 3.63) is 0 Å². The van der Waals surface area contributed by atoms with Crippen molar-refractivity contribution in [2.45, 2.75) is 51.2 Å². The fourth-order valence-corrected chi connectivity index (χ4v) is 2.47. The molecule has 0 N–H and O–H groups in total. The normalized spacial score (nSPS) is 26.5. The molecule has 3 heteroatoms. The van der Waals surface area contributed by atoms with Gasteiger partial charge in [0.05, 0.1) is 18.6 Å². The van der Waals surface area contributed by atoms with Gasteiger partial charge in [0, 0.05) is 6.42 Å². The highest BCUT2D eigenvalue weighted by molar-refractivity contribution is 5.65. The fourth-order valence-electron chi connectivity index (χ4n) is 2.47. The first-order valence-electron chi connectivity index (χ1n) is 6.03. The Kier molecular flexibility index (Phi) is 3.12. The summed E-state index contributed by atoms with van der Waals surface area (Å²) in [6, 6.07) is 0. The van der Waals surface area contributed by atoms with Gasteiger partial charge in [-0.1, -0.05) is 19.8 Å². The molecule has 3 nitrogen and oxygen atoms in total. The van der Waals surface area contributed by atoms with Gasteiger partial charge in [0.2, 0.25) is 0 Å². The lowest BCUT2D eigenvalue weighted by molar-refractivity contribution is -0.206. The molecule has 0 spiro atoms. The molecule has 1 aliphatic heterocycles. The van der Waals surface area contributed by atoms with Crippen molar-refractivity contribution in [1.82, 2.24) is 0 Å². The van der Waals surface area contributed by atoms with Gasteiger partial charge in [0.15, 0.2) is 5.79 Å². The van der Waals surface area contributed by atoms with Crippen LogP contribution < -0.4 is 0 Å². The molecule has 0 atom stereocenters. The van der Waals surface area contributed by atoms with Crippen LogP contribution >= 0.6 is 0 Å². The van der Waals surface area contributed by atoms with E-state index < -0.39 is 5.79 Å². The van der Waals surface area contributed by atoms with Crippen LogP contribution in [0.25, 0.3) is 0 Å². The van der Waals surface area contributed by atoms with Crippen LogP contribution in [0.15, 0.2) is 0 Å². The van der Waals surface area contributed by atoms with Gasteiger partial charge >= 0.3 is 0 Å². The largest absolute Gasteiger partial charge is 0.347 e. The summed E-state index contributed by atoms with van der Waals surface area (Å²) in [6.07, 6.45) is 7.26. The molecule has 0 aromatic heterocycles. The first-order valence-corrected chi connectivity index (χ1v) is 6.03. The lowest BCUT2D eigenvalue weighted by Crippen LogP contribution is -2.42. The second kappa shape index (κ2) is 4.22. The third kappa shape index (κ3) is 1.83. The first-order chi connectivity index (χ1) is 7.29. The molecule has 2 fully saturated rings. The maximum atomic E-state index is 11.2. The van der Waals surface area contributed by atoms with Gasteiger partial charge in [0.25, 0.3) is 0 Å². The molecule has 0 radical (unpaired) electrons. The predicted molar refractivity (Wildman–Crippen MR) is 56.5 cm³/mol. The average Bonchev–Trinajstić information content (AvgIpc) is 2.93. The van der Waals surface area contributed by atoms with Gasteiger partial charge in [0.1, 0.15) is 6.29 Å². The number of rotatable bonds is 6. The minimum absolute atomic E-state index is 0.308. The Hall–Kier alpha value is -0.410.